The Hall–Kier alpha value is -2.50. The van der Waals surface area contributed by atoms with Gasteiger partial charge in [0.05, 0.1) is 11.9 Å². The summed E-state index contributed by atoms with van der Waals surface area (Å²) in [5.41, 5.74) is 9.26. The average Bonchev–Trinajstić information content (AvgIpc) is 2.46. The van der Waals surface area contributed by atoms with Gasteiger partial charge in [-0.1, -0.05) is 12.1 Å². The summed E-state index contributed by atoms with van der Waals surface area (Å²) in [7, 11) is 0. The summed E-state index contributed by atoms with van der Waals surface area (Å²) in [5, 5.41) is 12.1. The third kappa shape index (κ3) is 2.64. The van der Waals surface area contributed by atoms with Crippen LogP contribution in [0.15, 0.2) is 29.4 Å². The lowest BCUT2D eigenvalue weighted by Gasteiger charge is -2.30. The van der Waals surface area contributed by atoms with Crippen LogP contribution >= 0.6 is 0 Å². The van der Waals surface area contributed by atoms with Gasteiger partial charge in [0.1, 0.15) is 5.82 Å². The second kappa shape index (κ2) is 5.71. The van der Waals surface area contributed by atoms with Crippen molar-refractivity contribution < 1.29 is 9.60 Å². The van der Waals surface area contributed by atoms with Gasteiger partial charge in [-0.15, -0.1) is 5.16 Å². The molecule has 1 aromatic heterocycles. The molecule has 1 aromatic carbocycles. The molecule has 22 heavy (non-hydrogen) atoms. The molecule has 2 aromatic rings. The maximum atomic E-state index is 13.5. The van der Waals surface area contributed by atoms with Crippen molar-refractivity contribution in [1.82, 2.24) is 9.97 Å². The summed E-state index contributed by atoms with van der Waals surface area (Å²) >= 11 is 0. The molecule has 1 aliphatic rings. The van der Waals surface area contributed by atoms with Crippen LogP contribution in [0, 0.1) is 12.7 Å². The summed E-state index contributed by atoms with van der Waals surface area (Å²) < 4.78 is 13.5. The van der Waals surface area contributed by atoms with E-state index in [0.29, 0.717) is 12.8 Å². The molecular weight excluding hydrogens is 283 g/mol. The molecule has 0 radical (unpaired) electrons. The number of halogens is 1. The van der Waals surface area contributed by atoms with E-state index in [1.165, 1.54) is 12.3 Å². The largest absolute Gasteiger partial charge is 0.411 e. The molecule has 114 valence electrons. The van der Waals surface area contributed by atoms with E-state index < -0.39 is 0 Å². The zero-order chi connectivity index (χ0) is 15.7. The van der Waals surface area contributed by atoms with Gasteiger partial charge in [-0.05, 0) is 43.4 Å². The molecule has 0 fully saturated rings. The number of nitrogen functional groups attached to an aromatic ring is 1. The van der Waals surface area contributed by atoms with Crippen molar-refractivity contribution >= 4 is 12.2 Å². The van der Waals surface area contributed by atoms with Crippen molar-refractivity contribution in [2.45, 2.75) is 31.6 Å². The first-order valence-corrected chi connectivity index (χ1v) is 7.14. The van der Waals surface area contributed by atoms with E-state index in [0.717, 1.165) is 22.5 Å². The summed E-state index contributed by atoms with van der Waals surface area (Å²) in [6.45, 7) is 1.87. The van der Waals surface area contributed by atoms with Crippen LogP contribution in [0.3, 0.4) is 0 Å². The van der Waals surface area contributed by atoms with Crippen molar-refractivity contribution in [3.05, 3.63) is 52.6 Å². The van der Waals surface area contributed by atoms with Crippen molar-refractivity contribution in [3.8, 4) is 0 Å². The van der Waals surface area contributed by atoms with Gasteiger partial charge in [0, 0.05) is 17.2 Å². The van der Waals surface area contributed by atoms with E-state index in [1.807, 2.05) is 13.0 Å². The number of rotatable bonds is 2. The lowest BCUT2D eigenvalue weighted by atomic mass is 9.76. The number of nitrogens with zero attached hydrogens (tertiary/aromatic N) is 3. The van der Waals surface area contributed by atoms with Crippen LogP contribution < -0.4 is 5.73 Å². The molecule has 2 atom stereocenters. The number of benzene rings is 1. The highest BCUT2D eigenvalue weighted by Gasteiger charge is 2.30. The number of fused-ring (bicyclic) bond motifs is 1. The van der Waals surface area contributed by atoms with Crippen LogP contribution in [0.2, 0.25) is 0 Å². The zero-order valence-corrected chi connectivity index (χ0v) is 12.2. The number of aromatic nitrogens is 2. The van der Waals surface area contributed by atoms with Gasteiger partial charge < -0.3 is 10.9 Å². The molecule has 0 aliphatic heterocycles. The van der Waals surface area contributed by atoms with E-state index >= 15 is 0 Å². The van der Waals surface area contributed by atoms with Gasteiger partial charge in [0.2, 0.25) is 5.95 Å². The van der Waals surface area contributed by atoms with E-state index in [9.17, 15) is 4.39 Å². The van der Waals surface area contributed by atoms with Gasteiger partial charge in [0.15, 0.2) is 0 Å². The Morgan fingerprint density at radius 3 is 2.95 bits per heavy atom. The summed E-state index contributed by atoms with van der Waals surface area (Å²) in [6.07, 6.45) is 2.87. The maximum Gasteiger partial charge on any atom is 0.220 e. The highest BCUT2D eigenvalue weighted by Crippen LogP contribution is 2.39. The molecule has 0 saturated heterocycles. The highest BCUT2D eigenvalue weighted by molar-refractivity contribution is 5.69. The van der Waals surface area contributed by atoms with Gasteiger partial charge in [-0.3, -0.25) is 0 Å². The first-order valence-electron chi connectivity index (χ1n) is 7.14. The summed E-state index contributed by atoms with van der Waals surface area (Å²) in [5.74, 6) is -0.0348. The van der Waals surface area contributed by atoms with Crippen LogP contribution in [0.5, 0.6) is 0 Å². The predicted molar refractivity (Wildman–Crippen MR) is 81.7 cm³/mol. The predicted octanol–water partition coefficient (Wildman–Crippen LogP) is 2.78. The van der Waals surface area contributed by atoms with Crippen molar-refractivity contribution in [1.29, 1.82) is 0 Å². The van der Waals surface area contributed by atoms with Crippen LogP contribution in [0.1, 0.15) is 40.8 Å². The molecular formula is C16H17FN4O. The third-order valence-corrected chi connectivity index (χ3v) is 4.15. The molecule has 3 rings (SSSR count). The fourth-order valence-electron chi connectivity index (χ4n) is 3.27. The summed E-state index contributed by atoms with van der Waals surface area (Å²) in [6, 6.07) is 6.58. The van der Waals surface area contributed by atoms with Crippen molar-refractivity contribution in [2.75, 3.05) is 5.73 Å². The monoisotopic (exact) mass is 300 g/mol. The van der Waals surface area contributed by atoms with Crippen LogP contribution in [-0.2, 0) is 6.42 Å². The molecule has 6 heteroatoms. The van der Waals surface area contributed by atoms with Gasteiger partial charge in [0.25, 0.3) is 0 Å². The molecule has 3 N–H and O–H groups in total. The van der Waals surface area contributed by atoms with E-state index in [2.05, 4.69) is 15.1 Å². The Morgan fingerprint density at radius 1 is 1.41 bits per heavy atom. The van der Waals surface area contributed by atoms with Crippen molar-refractivity contribution in [2.24, 2.45) is 5.16 Å². The fraction of sp³-hybridized carbons (Fsp3) is 0.312. The number of nitrogens with two attached hydrogens (primary N) is 1. The zero-order valence-electron chi connectivity index (χ0n) is 12.2. The molecule has 1 aliphatic carbocycles. The Balaban J connectivity index is 2.05. The average molecular weight is 300 g/mol. The maximum absolute atomic E-state index is 13.5. The first kappa shape index (κ1) is 14.4. The number of hydrogen-bond donors (Lipinski definition) is 2. The molecule has 0 spiro atoms. The lowest BCUT2D eigenvalue weighted by molar-refractivity contribution is 0.318. The van der Waals surface area contributed by atoms with Crippen LogP contribution in [0.4, 0.5) is 10.3 Å². The number of anilines is 1. The van der Waals surface area contributed by atoms with Crippen molar-refractivity contribution in [3.63, 3.8) is 0 Å². The topological polar surface area (TPSA) is 84.4 Å². The SMILES string of the molecule is Cc1nc(N)nc2c1C(C=NO)CC(c1cccc(F)c1)C2. The third-order valence-electron chi connectivity index (χ3n) is 4.15. The summed E-state index contributed by atoms with van der Waals surface area (Å²) in [4.78, 5) is 8.53. The van der Waals surface area contributed by atoms with Crippen LogP contribution in [-0.4, -0.2) is 21.4 Å². The highest BCUT2D eigenvalue weighted by atomic mass is 19.1. The Morgan fingerprint density at radius 2 is 2.23 bits per heavy atom. The molecule has 1 heterocycles. The minimum absolute atomic E-state index is 0.0971. The number of hydrogen-bond acceptors (Lipinski definition) is 5. The molecule has 0 amide bonds. The minimum Gasteiger partial charge on any atom is -0.411 e. The Bertz CT molecular complexity index is 732. The van der Waals surface area contributed by atoms with Crippen LogP contribution in [0.25, 0.3) is 0 Å². The second-order valence-corrected chi connectivity index (χ2v) is 5.59. The van der Waals surface area contributed by atoms with E-state index in [1.54, 1.807) is 12.1 Å². The van der Waals surface area contributed by atoms with Gasteiger partial charge in [-0.2, -0.15) is 0 Å². The molecule has 2 unspecified atom stereocenters. The smallest absolute Gasteiger partial charge is 0.220 e. The molecule has 5 nitrogen and oxygen atoms in total. The number of aryl methyl sites for hydroxylation is 1. The quantitative estimate of drug-likeness (QED) is 0.507. The molecule has 0 bridgehead atoms. The van der Waals surface area contributed by atoms with Gasteiger partial charge >= 0.3 is 0 Å². The fourth-order valence-corrected chi connectivity index (χ4v) is 3.27. The normalized spacial score (nSPS) is 21.0. The standard InChI is InChI=1S/C16H17FN4O/c1-9-15-12(8-19-22)5-11(7-14(15)21-16(18)20-9)10-3-2-4-13(17)6-10/h2-4,6,8,11-12,22H,5,7H2,1H3,(H2,18,20,21). The number of oxime groups is 1. The lowest BCUT2D eigenvalue weighted by Crippen LogP contribution is -2.22. The van der Waals surface area contributed by atoms with E-state index in [-0.39, 0.29) is 23.6 Å². The first-order chi connectivity index (χ1) is 10.6. The Labute approximate surface area is 127 Å². The molecule has 0 saturated carbocycles. The Kier molecular flexibility index (Phi) is 3.75. The van der Waals surface area contributed by atoms with Gasteiger partial charge in [-0.25, -0.2) is 14.4 Å². The van der Waals surface area contributed by atoms with E-state index in [4.69, 9.17) is 10.9 Å². The minimum atomic E-state index is -0.256. The second-order valence-electron chi connectivity index (χ2n) is 5.59.